The van der Waals surface area contributed by atoms with E-state index in [1.54, 1.807) is 24.3 Å². The second-order valence-electron chi connectivity index (χ2n) is 7.90. The molecule has 1 aliphatic rings. The van der Waals surface area contributed by atoms with Crippen molar-refractivity contribution in [2.45, 2.75) is 45.8 Å². The highest BCUT2D eigenvalue weighted by Gasteiger charge is 2.22. The van der Waals surface area contributed by atoms with E-state index >= 15 is 0 Å². The molecule has 0 spiro atoms. The average molecular weight is 434 g/mol. The van der Waals surface area contributed by atoms with Crippen LogP contribution in [0.25, 0.3) is 0 Å². The van der Waals surface area contributed by atoms with Crippen LogP contribution in [0.2, 0.25) is 0 Å². The van der Waals surface area contributed by atoms with Crippen molar-refractivity contribution in [3.8, 4) is 5.75 Å². The average Bonchev–Trinajstić information content (AvgIpc) is 3.13. The van der Waals surface area contributed by atoms with Gasteiger partial charge in [0.2, 0.25) is 0 Å². The first kappa shape index (κ1) is 21.6. The first-order chi connectivity index (χ1) is 15.5. The lowest BCUT2D eigenvalue weighted by Crippen LogP contribution is -2.34. The lowest BCUT2D eigenvalue weighted by atomic mass is 9.88. The Hall–Kier alpha value is -3.61. The largest absolute Gasteiger partial charge is 0.489 e. The molecule has 0 saturated heterocycles. The maximum Gasteiger partial charge on any atom is 0.338 e. The lowest BCUT2D eigenvalue weighted by molar-refractivity contribution is -0.125. The third-order valence-corrected chi connectivity index (χ3v) is 5.69. The zero-order valence-electron chi connectivity index (χ0n) is 18.2. The van der Waals surface area contributed by atoms with E-state index in [-0.39, 0.29) is 18.6 Å². The maximum absolute atomic E-state index is 12.3. The van der Waals surface area contributed by atoms with E-state index < -0.39 is 5.97 Å². The fraction of sp³-hybridized carbons (Fsp3) is 0.320. The van der Waals surface area contributed by atoms with E-state index in [1.165, 1.54) is 5.56 Å². The van der Waals surface area contributed by atoms with Gasteiger partial charge in [0.25, 0.3) is 5.91 Å². The third kappa shape index (κ3) is 4.99. The second kappa shape index (κ2) is 9.68. The van der Waals surface area contributed by atoms with Gasteiger partial charge >= 0.3 is 5.97 Å². The normalized spacial score (nSPS) is 15.0. The van der Waals surface area contributed by atoms with Gasteiger partial charge in [0.05, 0.1) is 22.9 Å². The third-order valence-electron chi connectivity index (χ3n) is 5.69. The molecule has 1 N–H and O–H groups in total. The fourth-order valence-electron chi connectivity index (χ4n) is 3.90. The second-order valence-corrected chi connectivity index (χ2v) is 7.90. The number of ether oxygens (including phenoxy) is 2. The minimum atomic E-state index is -0.554. The van der Waals surface area contributed by atoms with Crippen LogP contribution in [-0.4, -0.2) is 23.6 Å². The van der Waals surface area contributed by atoms with Gasteiger partial charge in [-0.05, 0) is 68.5 Å². The summed E-state index contributed by atoms with van der Waals surface area (Å²) in [5, 5.41) is 6.88. The van der Waals surface area contributed by atoms with Gasteiger partial charge in [-0.3, -0.25) is 4.79 Å². The van der Waals surface area contributed by atoms with Gasteiger partial charge in [-0.2, -0.15) is 0 Å². The number of hydrogen-bond donors (Lipinski definition) is 1. The summed E-state index contributed by atoms with van der Waals surface area (Å²) >= 11 is 0. The quantitative estimate of drug-likeness (QED) is 0.560. The highest BCUT2D eigenvalue weighted by molar-refractivity contribution is 5.91. The smallest absolute Gasteiger partial charge is 0.338 e. The standard InChI is InChI=1S/C25H26N2O5/c1-16-22(17(2)32-27-16)14-30-20-12-10-19(11-13-20)25(29)31-15-24(28)26-23-9-5-7-18-6-3-4-8-21(18)23/h3-4,6,8,10-13,23H,5,7,9,14-15H2,1-2H3,(H,26,28)/t23-/m0/s1. The minimum Gasteiger partial charge on any atom is -0.489 e. The van der Waals surface area contributed by atoms with Crippen molar-refractivity contribution in [1.29, 1.82) is 0 Å². The van der Waals surface area contributed by atoms with Crippen molar-refractivity contribution in [1.82, 2.24) is 10.5 Å². The van der Waals surface area contributed by atoms with Gasteiger partial charge in [-0.1, -0.05) is 29.4 Å². The zero-order valence-corrected chi connectivity index (χ0v) is 18.2. The van der Waals surface area contributed by atoms with E-state index in [1.807, 2.05) is 32.0 Å². The topological polar surface area (TPSA) is 90.7 Å². The molecular weight excluding hydrogens is 408 g/mol. The van der Waals surface area contributed by atoms with Crippen molar-refractivity contribution < 1.29 is 23.6 Å². The number of rotatable bonds is 7. The summed E-state index contributed by atoms with van der Waals surface area (Å²) in [6, 6.07) is 14.7. The first-order valence-corrected chi connectivity index (χ1v) is 10.7. The molecule has 0 unspecified atom stereocenters. The van der Waals surface area contributed by atoms with E-state index in [2.05, 4.69) is 16.5 Å². The molecule has 0 bridgehead atoms. The maximum atomic E-state index is 12.3. The van der Waals surface area contributed by atoms with Crippen LogP contribution in [0.5, 0.6) is 5.75 Å². The van der Waals surface area contributed by atoms with Gasteiger partial charge in [-0.25, -0.2) is 4.79 Å². The van der Waals surface area contributed by atoms with Crippen LogP contribution in [0.3, 0.4) is 0 Å². The summed E-state index contributed by atoms with van der Waals surface area (Å²) in [6.45, 7) is 3.70. The van der Waals surface area contributed by atoms with Crippen LogP contribution >= 0.6 is 0 Å². The highest BCUT2D eigenvalue weighted by atomic mass is 16.5. The Balaban J connectivity index is 1.26. The monoisotopic (exact) mass is 434 g/mol. The fourth-order valence-corrected chi connectivity index (χ4v) is 3.90. The number of hydrogen-bond acceptors (Lipinski definition) is 6. The molecule has 166 valence electrons. The van der Waals surface area contributed by atoms with Gasteiger partial charge in [0.15, 0.2) is 6.61 Å². The Morgan fingerprint density at radius 1 is 1.12 bits per heavy atom. The summed E-state index contributed by atoms with van der Waals surface area (Å²) in [7, 11) is 0. The van der Waals surface area contributed by atoms with Crippen LogP contribution in [0.1, 0.15) is 57.4 Å². The molecule has 0 aliphatic heterocycles. The molecular formula is C25H26N2O5. The molecule has 7 heteroatoms. The number of benzene rings is 2. The zero-order chi connectivity index (χ0) is 22.5. The number of nitrogens with one attached hydrogen (secondary N) is 1. The highest BCUT2D eigenvalue weighted by Crippen LogP contribution is 2.29. The number of aromatic nitrogens is 1. The Bertz CT molecular complexity index is 1080. The molecule has 1 amide bonds. The van der Waals surface area contributed by atoms with Crippen molar-refractivity contribution >= 4 is 11.9 Å². The first-order valence-electron chi connectivity index (χ1n) is 10.7. The SMILES string of the molecule is Cc1noc(C)c1COc1ccc(C(=O)OCC(=O)N[C@H]2CCCc3ccccc32)cc1. The number of carbonyl (C=O) groups excluding carboxylic acids is 2. The number of carbonyl (C=O) groups is 2. The number of amides is 1. The van der Waals surface area contributed by atoms with Crippen molar-refractivity contribution in [2.24, 2.45) is 0 Å². The molecule has 1 atom stereocenters. The van der Waals surface area contributed by atoms with Crippen LogP contribution in [-0.2, 0) is 22.6 Å². The van der Waals surface area contributed by atoms with E-state index in [9.17, 15) is 9.59 Å². The van der Waals surface area contributed by atoms with Gasteiger partial charge in [0, 0.05) is 0 Å². The minimum absolute atomic E-state index is 0.0414. The lowest BCUT2D eigenvalue weighted by Gasteiger charge is -2.26. The summed E-state index contributed by atoms with van der Waals surface area (Å²) < 4.78 is 16.1. The van der Waals surface area contributed by atoms with Crippen molar-refractivity contribution in [3.63, 3.8) is 0 Å². The van der Waals surface area contributed by atoms with Gasteiger partial charge in [0.1, 0.15) is 18.1 Å². The Kier molecular flexibility index (Phi) is 6.54. The van der Waals surface area contributed by atoms with E-state index in [0.29, 0.717) is 17.9 Å². The molecule has 32 heavy (non-hydrogen) atoms. The number of esters is 1. The molecule has 4 rings (SSSR count). The molecule has 1 heterocycles. The summed E-state index contributed by atoms with van der Waals surface area (Å²) in [6.07, 6.45) is 2.92. The Labute approximate surface area is 186 Å². The van der Waals surface area contributed by atoms with Gasteiger partial charge in [-0.15, -0.1) is 0 Å². The molecule has 7 nitrogen and oxygen atoms in total. The molecule has 3 aromatic rings. The van der Waals surface area contributed by atoms with E-state index in [4.69, 9.17) is 14.0 Å². The molecule has 0 radical (unpaired) electrons. The predicted octanol–water partition coefficient (Wildman–Crippen LogP) is 4.22. The summed E-state index contributed by atoms with van der Waals surface area (Å²) in [5.74, 6) is 0.467. The van der Waals surface area contributed by atoms with E-state index in [0.717, 1.165) is 41.8 Å². The Morgan fingerprint density at radius 2 is 1.91 bits per heavy atom. The van der Waals surface area contributed by atoms with Crippen molar-refractivity contribution in [2.75, 3.05) is 6.61 Å². The van der Waals surface area contributed by atoms with Crippen molar-refractivity contribution in [3.05, 3.63) is 82.2 Å². The number of fused-ring (bicyclic) bond motifs is 1. The summed E-state index contributed by atoms with van der Waals surface area (Å²) in [4.78, 5) is 24.7. The summed E-state index contributed by atoms with van der Waals surface area (Å²) in [5.41, 5.74) is 4.45. The predicted molar refractivity (Wildman–Crippen MR) is 117 cm³/mol. The molecule has 1 aliphatic carbocycles. The molecule has 1 aromatic heterocycles. The molecule has 0 saturated carbocycles. The van der Waals surface area contributed by atoms with Crippen LogP contribution in [0, 0.1) is 13.8 Å². The number of nitrogens with zero attached hydrogens (tertiary/aromatic N) is 1. The molecule has 2 aromatic carbocycles. The molecule has 0 fully saturated rings. The van der Waals surface area contributed by atoms with Gasteiger partial charge < -0.3 is 19.3 Å². The van der Waals surface area contributed by atoms with Crippen LogP contribution in [0.15, 0.2) is 53.1 Å². The number of aryl methyl sites for hydroxylation is 3. The van der Waals surface area contributed by atoms with Crippen LogP contribution < -0.4 is 10.1 Å². The van der Waals surface area contributed by atoms with Crippen LogP contribution in [0.4, 0.5) is 0 Å². The Morgan fingerprint density at radius 3 is 2.66 bits per heavy atom.